The van der Waals surface area contributed by atoms with Crippen molar-refractivity contribution in [3.63, 3.8) is 0 Å². The maximum atomic E-state index is 11.9. The molecule has 1 N–H and O–H groups in total. The summed E-state index contributed by atoms with van der Waals surface area (Å²) in [7, 11) is -1.87. The van der Waals surface area contributed by atoms with Gasteiger partial charge in [-0.15, -0.1) is 0 Å². The van der Waals surface area contributed by atoms with Crippen molar-refractivity contribution in [2.24, 2.45) is 7.05 Å². The molecule has 0 bridgehead atoms. The van der Waals surface area contributed by atoms with Crippen LogP contribution in [0, 0.1) is 6.92 Å². The lowest BCUT2D eigenvalue weighted by Crippen LogP contribution is -2.31. The van der Waals surface area contributed by atoms with Gasteiger partial charge in [0.2, 0.25) is 10.0 Å². The number of hydrogen-bond acceptors (Lipinski definition) is 4. The molecule has 0 fully saturated rings. The van der Waals surface area contributed by atoms with Gasteiger partial charge in [-0.05, 0) is 25.0 Å². The second-order valence-electron chi connectivity index (χ2n) is 5.16. The average Bonchev–Trinajstić information content (AvgIpc) is 2.83. The van der Waals surface area contributed by atoms with Crippen LogP contribution in [0.25, 0.3) is 6.08 Å². The Morgan fingerprint density at radius 1 is 1.30 bits per heavy atom. The third kappa shape index (κ3) is 5.07. The van der Waals surface area contributed by atoms with Gasteiger partial charge in [0.15, 0.2) is 0 Å². The molecule has 2 rings (SSSR count). The summed E-state index contributed by atoms with van der Waals surface area (Å²) in [5.41, 5.74) is 2.57. The molecule has 0 aliphatic carbocycles. The molecule has 0 aliphatic rings. The smallest absolute Gasteiger partial charge is 0.257 e. The zero-order valence-corrected chi connectivity index (χ0v) is 13.9. The van der Waals surface area contributed by atoms with Crippen molar-refractivity contribution in [3.8, 4) is 0 Å². The van der Waals surface area contributed by atoms with E-state index in [4.69, 9.17) is 0 Å². The fraction of sp³-hybridized carbons (Fsp3) is 0.250. The number of rotatable bonds is 6. The zero-order valence-electron chi connectivity index (χ0n) is 13.1. The summed E-state index contributed by atoms with van der Waals surface area (Å²) >= 11 is 0. The van der Waals surface area contributed by atoms with Gasteiger partial charge in [-0.2, -0.15) is 5.10 Å². The molecule has 0 saturated heterocycles. The molecule has 0 unspecified atom stereocenters. The lowest BCUT2D eigenvalue weighted by molar-refractivity contribution is -0.114. The van der Waals surface area contributed by atoms with Crippen molar-refractivity contribution < 1.29 is 13.2 Å². The maximum Gasteiger partial charge on any atom is 0.257 e. The van der Waals surface area contributed by atoms with Crippen LogP contribution < -0.4 is 4.72 Å². The third-order valence-corrected chi connectivity index (χ3v) is 4.70. The molecule has 0 atom stereocenters. The van der Waals surface area contributed by atoms with E-state index in [0.717, 1.165) is 16.8 Å². The second-order valence-corrected chi connectivity index (χ2v) is 7.00. The Labute approximate surface area is 135 Å². The van der Waals surface area contributed by atoms with Crippen molar-refractivity contribution >= 4 is 22.0 Å². The van der Waals surface area contributed by atoms with Gasteiger partial charge >= 0.3 is 0 Å². The third-order valence-electron chi connectivity index (χ3n) is 3.45. The number of hydrogen-bond donors (Lipinski definition) is 1. The molecule has 0 saturated carbocycles. The topological polar surface area (TPSA) is 81.1 Å². The van der Waals surface area contributed by atoms with E-state index in [9.17, 15) is 13.2 Å². The molecule has 1 heterocycles. The molecular formula is C16H19N3O3S. The molecule has 7 heteroatoms. The molecule has 0 radical (unpaired) electrons. The van der Waals surface area contributed by atoms with Crippen molar-refractivity contribution in [1.82, 2.24) is 14.5 Å². The molecule has 1 amide bonds. The largest absolute Gasteiger partial charge is 0.272 e. The summed E-state index contributed by atoms with van der Waals surface area (Å²) < 4.78 is 27.5. The minimum atomic E-state index is -3.66. The number of aryl methyl sites for hydroxylation is 2. The van der Waals surface area contributed by atoms with E-state index < -0.39 is 15.9 Å². The first-order chi connectivity index (χ1) is 10.9. The molecule has 23 heavy (non-hydrogen) atoms. The molecule has 122 valence electrons. The minimum absolute atomic E-state index is 0.136. The lowest BCUT2D eigenvalue weighted by Gasteiger charge is -2.05. The van der Waals surface area contributed by atoms with E-state index in [-0.39, 0.29) is 5.75 Å². The van der Waals surface area contributed by atoms with E-state index in [1.165, 1.54) is 6.08 Å². The van der Waals surface area contributed by atoms with Crippen LogP contribution in [0.15, 0.2) is 42.6 Å². The van der Waals surface area contributed by atoms with Gasteiger partial charge in [0.05, 0.1) is 11.9 Å². The Balaban J connectivity index is 1.92. The van der Waals surface area contributed by atoms with Crippen LogP contribution in [0.3, 0.4) is 0 Å². The van der Waals surface area contributed by atoms with Gasteiger partial charge in [0.25, 0.3) is 5.91 Å². The predicted octanol–water partition coefficient (Wildman–Crippen LogP) is 1.43. The van der Waals surface area contributed by atoms with Crippen molar-refractivity contribution in [1.29, 1.82) is 0 Å². The van der Waals surface area contributed by atoms with E-state index in [1.807, 2.05) is 42.0 Å². The summed E-state index contributed by atoms with van der Waals surface area (Å²) in [6.45, 7) is 1.86. The summed E-state index contributed by atoms with van der Waals surface area (Å²) in [5, 5.41) is 4.05. The van der Waals surface area contributed by atoms with Crippen LogP contribution in [0.5, 0.6) is 0 Å². The number of carbonyl (C=O) groups excluding carboxylic acids is 1. The van der Waals surface area contributed by atoms with Gasteiger partial charge in [0.1, 0.15) is 0 Å². The fourth-order valence-corrected chi connectivity index (χ4v) is 2.96. The SMILES string of the molecule is Cc1c(/C=C/C(=O)NS(=O)(=O)CCc2ccccc2)cnn1C. The Morgan fingerprint density at radius 3 is 2.61 bits per heavy atom. The fourth-order valence-electron chi connectivity index (χ4n) is 1.98. The maximum absolute atomic E-state index is 11.9. The van der Waals surface area contributed by atoms with E-state index in [2.05, 4.69) is 5.10 Å². The molecule has 0 aliphatic heterocycles. The predicted molar refractivity (Wildman–Crippen MR) is 89.1 cm³/mol. The highest BCUT2D eigenvalue weighted by Gasteiger charge is 2.13. The molecule has 1 aromatic heterocycles. The first-order valence-electron chi connectivity index (χ1n) is 7.12. The number of amides is 1. The standard InChI is InChI=1S/C16H19N3O3S/c1-13-15(12-17-19(13)2)8-9-16(20)18-23(21,22)11-10-14-6-4-3-5-7-14/h3-9,12H,10-11H2,1-2H3,(H,18,20)/b9-8+. The normalized spacial score (nSPS) is 11.7. The van der Waals surface area contributed by atoms with Gasteiger partial charge in [0, 0.05) is 24.4 Å². The second kappa shape index (κ2) is 7.23. The number of aromatic nitrogens is 2. The Kier molecular flexibility index (Phi) is 5.33. The zero-order chi connectivity index (χ0) is 16.9. The number of carbonyl (C=O) groups is 1. The van der Waals surface area contributed by atoms with Crippen molar-refractivity contribution in [3.05, 3.63) is 59.4 Å². The van der Waals surface area contributed by atoms with Crippen LogP contribution in [0.1, 0.15) is 16.8 Å². The van der Waals surface area contributed by atoms with Crippen LogP contribution in [0.2, 0.25) is 0 Å². The Morgan fingerprint density at radius 2 is 2.00 bits per heavy atom. The van der Waals surface area contributed by atoms with Gasteiger partial charge in [-0.25, -0.2) is 13.1 Å². The highest BCUT2D eigenvalue weighted by atomic mass is 32.2. The molecule has 2 aromatic rings. The van der Waals surface area contributed by atoms with Crippen molar-refractivity contribution in [2.75, 3.05) is 5.75 Å². The molecule has 6 nitrogen and oxygen atoms in total. The van der Waals surface area contributed by atoms with E-state index in [0.29, 0.717) is 6.42 Å². The average molecular weight is 333 g/mol. The Bertz CT molecular complexity index is 808. The molecule has 1 aromatic carbocycles. The highest BCUT2D eigenvalue weighted by Crippen LogP contribution is 2.07. The number of sulfonamides is 1. The van der Waals surface area contributed by atoms with Crippen LogP contribution in [-0.4, -0.2) is 29.9 Å². The molecule has 0 spiro atoms. The lowest BCUT2D eigenvalue weighted by atomic mass is 10.2. The highest BCUT2D eigenvalue weighted by molar-refractivity contribution is 7.90. The summed E-state index contributed by atoms with van der Waals surface area (Å²) in [6, 6.07) is 9.26. The van der Waals surface area contributed by atoms with Crippen molar-refractivity contribution in [2.45, 2.75) is 13.3 Å². The first kappa shape index (κ1) is 17.0. The monoisotopic (exact) mass is 333 g/mol. The van der Waals surface area contributed by atoms with Gasteiger partial charge in [-0.3, -0.25) is 9.48 Å². The number of nitrogens with one attached hydrogen (secondary N) is 1. The summed E-state index contributed by atoms with van der Waals surface area (Å²) in [4.78, 5) is 11.8. The number of benzene rings is 1. The van der Waals surface area contributed by atoms with Crippen LogP contribution in [-0.2, 0) is 28.3 Å². The van der Waals surface area contributed by atoms with E-state index in [1.54, 1.807) is 24.0 Å². The first-order valence-corrected chi connectivity index (χ1v) is 8.78. The summed E-state index contributed by atoms with van der Waals surface area (Å²) in [5.74, 6) is -0.802. The minimum Gasteiger partial charge on any atom is -0.272 e. The molecular weight excluding hydrogens is 314 g/mol. The number of nitrogens with zero attached hydrogens (tertiary/aromatic N) is 2. The van der Waals surface area contributed by atoms with Gasteiger partial charge in [-0.1, -0.05) is 30.3 Å². The summed E-state index contributed by atoms with van der Waals surface area (Å²) in [6.07, 6.45) is 4.71. The van der Waals surface area contributed by atoms with Crippen LogP contribution >= 0.6 is 0 Å². The van der Waals surface area contributed by atoms with E-state index >= 15 is 0 Å². The quantitative estimate of drug-likeness (QED) is 0.811. The Hall–Kier alpha value is -2.41. The van der Waals surface area contributed by atoms with Gasteiger partial charge < -0.3 is 0 Å². The van der Waals surface area contributed by atoms with Crippen LogP contribution in [0.4, 0.5) is 0 Å².